The summed E-state index contributed by atoms with van der Waals surface area (Å²) < 4.78 is 31.0. The molecule has 18 heavy (non-hydrogen) atoms. The number of benzene rings is 1. The van der Waals surface area contributed by atoms with Crippen molar-refractivity contribution < 1.29 is 23.4 Å². The Kier molecular flexibility index (Phi) is 5.03. The number of hydrogen-bond donors (Lipinski definition) is 2. The number of carbonyl (C=O) groups is 1. The molecule has 0 fully saturated rings. The van der Waals surface area contributed by atoms with Crippen LogP contribution in [0.4, 0.5) is 8.78 Å². The molecule has 7 heteroatoms. The lowest BCUT2D eigenvalue weighted by Gasteiger charge is -2.14. The lowest BCUT2D eigenvalue weighted by atomic mass is 10.2. The van der Waals surface area contributed by atoms with Crippen LogP contribution in [0.25, 0.3) is 0 Å². The number of carbonyl (C=O) groups excluding carboxylic acids is 1. The molecule has 1 aromatic rings. The van der Waals surface area contributed by atoms with Gasteiger partial charge in [-0.05, 0) is 34.1 Å². The normalized spacial score (nSPS) is 11.2. The highest BCUT2D eigenvalue weighted by Gasteiger charge is 2.28. The summed E-state index contributed by atoms with van der Waals surface area (Å²) in [6.07, 6.45) is 0. The van der Waals surface area contributed by atoms with Crippen LogP contribution in [0.2, 0.25) is 0 Å². The van der Waals surface area contributed by atoms with Crippen LogP contribution in [0.3, 0.4) is 0 Å². The van der Waals surface area contributed by atoms with E-state index in [1.165, 1.54) is 13.2 Å². The van der Waals surface area contributed by atoms with Gasteiger partial charge in [0.05, 0.1) is 19.2 Å². The fraction of sp³-hybridized carbons (Fsp3) is 0.364. The lowest BCUT2D eigenvalue weighted by Crippen LogP contribution is -2.39. The number of hydrogen-bond acceptors (Lipinski definition) is 3. The van der Waals surface area contributed by atoms with Crippen LogP contribution in [-0.4, -0.2) is 37.2 Å². The molecule has 4 nitrogen and oxygen atoms in total. The molecule has 0 radical (unpaired) electrons. The summed E-state index contributed by atoms with van der Waals surface area (Å²) in [5.41, 5.74) is 0.183. The summed E-state index contributed by atoms with van der Waals surface area (Å²) in [4.78, 5) is 11.7. The molecule has 0 heterocycles. The Morgan fingerprint density at radius 2 is 2.22 bits per heavy atom. The largest absolute Gasteiger partial charge is 0.497 e. The zero-order valence-corrected chi connectivity index (χ0v) is 11.1. The summed E-state index contributed by atoms with van der Waals surface area (Å²) in [5, 5.41) is 10.4. The predicted octanol–water partition coefficient (Wildman–Crippen LogP) is 1.82. The molecule has 1 aromatic carbocycles. The van der Waals surface area contributed by atoms with Gasteiger partial charge in [-0.15, -0.1) is 0 Å². The second-order valence-electron chi connectivity index (χ2n) is 3.54. The molecule has 0 bridgehead atoms. The molecule has 1 rings (SSSR count). The third-order valence-electron chi connectivity index (χ3n) is 2.16. The number of methoxy groups -OCH3 is 1. The van der Waals surface area contributed by atoms with Crippen LogP contribution in [0, 0.1) is 0 Å². The lowest BCUT2D eigenvalue weighted by molar-refractivity contribution is -0.0462. The fourth-order valence-electron chi connectivity index (χ4n) is 1.17. The van der Waals surface area contributed by atoms with Crippen LogP contribution >= 0.6 is 15.9 Å². The van der Waals surface area contributed by atoms with E-state index in [1.807, 2.05) is 5.32 Å². The Hall–Kier alpha value is -1.21. The monoisotopic (exact) mass is 323 g/mol. The van der Waals surface area contributed by atoms with Crippen LogP contribution in [-0.2, 0) is 0 Å². The van der Waals surface area contributed by atoms with Gasteiger partial charge in [0, 0.05) is 4.47 Å². The van der Waals surface area contributed by atoms with Gasteiger partial charge in [0.15, 0.2) is 0 Å². The van der Waals surface area contributed by atoms with Gasteiger partial charge in [0.1, 0.15) is 12.4 Å². The minimum Gasteiger partial charge on any atom is -0.497 e. The van der Waals surface area contributed by atoms with Gasteiger partial charge >= 0.3 is 0 Å². The third kappa shape index (κ3) is 3.92. The Labute approximate surface area is 111 Å². The molecular weight excluding hydrogens is 312 g/mol. The maximum atomic E-state index is 12.8. The Morgan fingerprint density at radius 1 is 1.56 bits per heavy atom. The van der Waals surface area contributed by atoms with Gasteiger partial charge in [0.25, 0.3) is 11.8 Å². The molecule has 0 atom stereocenters. The summed E-state index contributed by atoms with van der Waals surface area (Å²) in [5.74, 6) is -3.56. The third-order valence-corrected chi connectivity index (χ3v) is 2.85. The molecule has 0 aromatic heterocycles. The van der Waals surface area contributed by atoms with Gasteiger partial charge in [-0.1, -0.05) is 0 Å². The van der Waals surface area contributed by atoms with Crippen molar-refractivity contribution in [2.24, 2.45) is 0 Å². The Morgan fingerprint density at radius 3 is 2.78 bits per heavy atom. The second kappa shape index (κ2) is 6.10. The summed E-state index contributed by atoms with van der Waals surface area (Å²) in [6, 6.07) is 4.64. The van der Waals surface area contributed by atoms with Gasteiger partial charge in [-0.3, -0.25) is 4.79 Å². The predicted molar refractivity (Wildman–Crippen MR) is 65.1 cm³/mol. The maximum absolute atomic E-state index is 12.8. The maximum Gasteiger partial charge on any atom is 0.287 e. The van der Waals surface area contributed by atoms with E-state index in [0.717, 1.165) is 0 Å². The van der Waals surface area contributed by atoms with Crippen molar-refractivity contribution in [2.45, 2.75) is 5.92 Å². The first-order chi connectivity index (χ1) is 8.39. The number of aliphatic hydroxyl groups excluding tert-OH is 1. The first-order valence-electron chi connectivity index (χ1n) is 5.00. The van der Waals surface area contributed by atoms with E-state index >= 15 is 0 Å². The molecule has 0 unspecified atom stereocenters. The second-order valence-corrected chi connectivity index (χ2v) is 4.40. The summed E-state index contributed by atoms with van der Waals surface area (Å²) in [7, 11) is 1.44. The van der Waals surface area contributed by atoms with Crippen LogP contribution < -0.4 is 10.1 Å². The number of ether oxygens (including phenoxy) is 1. The average molecular weight is 324 g/mol. The average Bonchev–Trinajstić information content (AvgIpc) is 2.36. The van der Waals surface area contributed by atoms with E-state index < -0.39 is 25.0 Å². The first-order valence-corrected chi connectivity index (χ1v) is 5.79. The van der Waals surface area contributed by atoms with E-state index in [-0.39, 0.29) is 5.56 Å². The smallest absolute Gasteiger partial charge is 0.287 e. The van der Waals surface area contributed by atoms with Gasteiger partial charge in [-0.2, -0.15) is 0 Å². The van der Waals surface area contributed by atoms with Crippen LogP contribution in [0.1, 0.15) is 10.4 Å². The number of halogens is 3. The molecule has 0 aliphatic heterocycles. The quantitative estimate of drug-likeness (QED) is 0.869. The van der Waals surface area contributed by atoms with Gasteiger partial charge < -0.3 is 15.2 Å². The molecule has 0 spiro atoms. The zero-order valence-electron chi connectivity index (χ0n) is 9.54. The van der Waals surface area contributed by atoms with Crippen molar-refractivity contribution in [3.63, 3.8) is 0 Å². The van der Waals surface area contributed by atoms with E-state index in [4.69, 9.17) is 9.84 Å². The van der Waals surface area contributed by atoms with E-state index in [0.29, 0.717) is 10.2 Å². The topological polar surface area (TPSA) is 58.6 Å². The van der Waals surface area contributed by atoms with Crippen molar-refractivity contribution in [1.29, 1.82) is 0 Å². The molecule has 2 N–H and O–H groups in total. The first kappa shape index (κ1) is 14.8. The van der Waals surface area contributed by atoms with E-state index in [1.54, 1.807) is 12.1 Å². The van der Waals surface area contributed by atoms with Crippen molar-refractivity contribution in [2.75, 3.05) is 20.3 Å². The van der Waals surface area contributed by atoms with E-state index in [2.05, 4.69) is 15.9 Å². The van der Waals surface area contributed by atoms with Gasteiger partial charge in [-0.25, -0.2) is 8.78 Å². The summed E-state index contributed by atoms with van der Waals surface area (Å²) >= 11 is 3.14. The minimum absolute atomic E-state index is 0.183. The highest BCUT2D eigenvalue weighted by molar-refractivity contribution is 9.10. The van der Waals surface area contributed by atoms with Crippen molar-refractivity contribution >= 4 is 21.8 Å². The number of alkyl halides is 2. The molecule has 0 saturated heterocycles. The number of nitrogens with one attached hydrogen (secondary N) is 1. The SMILES string of the molecule is COc1ccc(Br)c(C(=O)NCC(F)(F)CO)c1. The molecule has 0 aliphatic carbocycles. The van der Waals surface area contributed by atoms with Crippen LogP contribution in [0.15, 0.2) is 22.7 Å². The number of aliphatic hydroxyl groups is 1. The van der Waals surface area contributed by atoms with Crippen LogP contribution in [0.5, 0.6) is 5.75 Å². The molecule has 1 amide bonds. The number of amides is 1. The molecule has 100 valence electrons. The van der Waals surface area contributed by atoms with Crippen molar-refractivity contribution in [3.05, 3.63) is 28.2 Å². The highest BCUT2D eigenvalue weighted by Crippen LogP contribution is 2.22. The fourth-order valence-corrected chi connectivity index (χ4v) is 1.59. The van der Waals surface area contributed by atoms with E-state index in [9.17, 15) is 13.6 Å². The molecule has 0 aliphatic rings. The Balaban J connectivity index is 2.78. The van der Waals surface area contributed by atoms with Crippen molar-refractivity contribution in [3.8, 4) is 5.75 Å². The highest BCUT2D eigenvalue weighted by atomic mass is 79.9. The van der Waals surface area contributed by atoms with Crippen molar-refractivity contribution in [1.82, 2.24) is 5.32 Å². The zero-order chi connectivity index (χ0) is 13.8. The summed E-state index contributed by atoms with van der Waals surface area (Å²) in [6.45, 7) is -2.24. The molecular formula is C11H12BrF2NO3. The standard InChI is InChI=1S/C11H12BrF2NO3/c1-18-7-2-3-9(12)8(4-7)10(17)15-5-11(13,14)6-16/h2-4,16H,5-6H2,1H3,(H,15,17). The number of rotatable bonds is 5. The minimum atomic E-state index is -3.33. The van der Waals surface area contributed by atoms with Gasteiger partial charge in [0.2, 0.25) is 0 Å². The molecule has 0 saturated carbocycles. The Bertz CT molecular complexity index is 440.